The Morgan fingerprint density at radius 2 is 2.08 bits per heavy atom. The summed E-state index contributed by atoms with van der Waals surface area (Å²) >= 11 is 0. The predicted octanol–water partition coefficient (Wildman–Crippen LogP) is 3.63. The van der Waals surface area contributed by atoms with E-state index in [0.29, 0.717) is 36.3 Å². The lowest BCUT2D eigenvalue weighted by atomic mass is 9.97. The Balaban J connectivity index is 2.08. The number of nitrogens with zero attached hydrogens (tertiary/aromatic N) is 3. The van der Waals surface area contributed by atoms with Crippen LogP contribution in [0.1, 0.15) is 63.5 Å². The van der Waals surface area contributed by atoms with E-state index in [9.17, 15) is 4.39 Å². The fraction of sp³-hybridized carbons (Fsp3) is 0.526. The van der Waals surface area contributed by atoms with Crippen LogP contribution in [-0.2, 0) is 12.0 Å². The first kappa shape index (κ1) is 19.9. The van der Waals surface area contributed by atoms with Gasteiger partial charge in [-0.2, -0.15) is 4.98 Å². The maximum atomic E-state index is 13.8. The molecule has 0 saturated heterocycles. The molecule has 1 aromatic heterocycles. The summed E-state index contributed by atoms with van der Waals surface area (Å²) in [5, 5.41) is 10.4. The molecule has 1 aromatic carbocycles. The van der Waals surface area contributed by atoms with Crippen LogP contribution >= 0.6 is 0 Å². The molecule has 2 rings (SSSR count). The van der Waals surface area contributed by atoms with Gasteiger partial charge in [-0.15, -0.1) is 0 Å². The molecule has 142 valence electrons. The number of benzene rings is 1. The Morgan fingerprint density at radius 1 is 1.35 bits per heavy atom. The van der Waals surface area contributed by atoms with Crippen LogP contribution in [0.5, 0.6) is 0 Å². The van der Waals surface area contributed by atoms with Gasteiger partial charge in [-0.3, -0.25) is 0 Å². The summed E-state index contributed by atoms with van der Waals surface area (Å²) < 4.78 is 19.1. The third-order valence-corrected chi connectivity index (χ3v) is 3.88. The molecule has 0 amide bonds. The number of aromatic nitrogens is 2. The lowest BCUT2D eigenvalue weighted by molar-refractivity contribution is 0.318. The summed E-state index contributed by atoms with van der Waals surface area (Å²) in [6.45, 7) is 12.7. The van der Waals surface area contributed by atoms with E-state index >= 15 is 0 Å². The Labute approximate surface area is 154 Å². The van der Waals surface area contributed by atoms with Crippen LogP contribution in [0.2, 0.25) is 0 Å². The number of hydrogen-bond acceptors (Lipinski definition) is 4. The third kappa shape index (κ3) is 5.28. The Hall–Kier alpha value is -2.44. The highest BCUT2D eigenvalue weighted by atomic mass is 19.1. The number of halogens is 1. The summed E-state index contributed by atoms with van der Waals surface area (Å²) in [7, 11) is 0. The summed E-state index contributed by atoms with van der Waals surface area (Å²) in [5.41, 5.74) is 1.29. The highest BCUT2D eigenvalue weighted by Crippen LogP contribution is 2.20. The van der Waals surface area contributed by atoms with Crippen molar-refractivity contribution in [2.75, 3.05) is 6.54 Å². The van der Waals surface area contributed by atoms with Gasteiger partial charge in [0.1, 0.15) is 12.4 Å². The number of rotatable bonds is 5. The van der Waals surface area contributed by atoms with Crippen molar-refractivity contribution in [1.82, 2.24) is 20.8 Å². The molecule has 0 aliphatic carbocycles. The van der Waals surface area contributed by atoms with Gasteiger partial charge >= 0.3 is 0 Å². The van der Waals surface area contributed by atoms with Crippen molar-refractivity contribution in [3.8, 4) is 0 Å². The minimum atomic E-state index is -0.209. The van der Waals surface area contributed by atoms with Gasteiger partial charge < -0.3 is 15.2 Å². The second-order valence-corrected chi connectivity index (χ2v) is 7.34. The van der Waals surface area contributed by atoms with Gasteiger partial charge in [-0.05, 0) is 38.0 Å². The standard InChI is InChI=1S/C19H28FN5O/c1-7-21-18(22-11-16-24-17(26-25-16)19(4,5)6)23-13(3)14-9-8-12(2)15(20)10-14/h8-10,13H,7,11H2,1-6H3,(H2,21,22,23). The molecular weight excluding hydrogens is 333 g/mol. The first-order valence-corrected chi connectivity index (χ1v) is 8.84. The molecule has 0 spiro atoms. The largest absolute Gasteiger partial charge is 0.357 e. The number of nitrogens with one attached hydrogen (secondary N) is 2. The third-order valence-electron chi connectivity index (χ3n) is 3.88. The van der Waals surface area contributed by atoms with E-state index in [4.69, 9.17) is 4.52 Å². The normalized spacial score (nSPS) is 13.6. The molecule has 0 radical (unpaired) electrons. The fourth-order valence-electron chi connectivity index (χ4n) is 2.26. The summed E-state index contributed by atoms with van der Waals surface area (Å²) in [5.74, 6) is 1.52. The Bertz CT molecular complexity index is 764. The molecule has 0 aliphatic rings. The maximum Gasteiger partial charge on any atom is 0.232 e. The second kappa shape index (κ2) is 8.29. The van der Waals surface area contributed by atoms with Gasteiger partial charge in [0.15, 0.2) is 11.8 Å². The van der Waals surface area contributed by atoms with Gasteiger partial charge in [-0.25, -0.2) is 9.38 Å². The second-order valence-electron chi connectivity index (χ2n) is 7.34. The molecule has 26 heavy (non-hydrogen) atoms. The first-order chi connectivity index (χ1) is 12.2. The number of guanidine groups is 1. The summed E-state index contributed by atoms with van der Waals surface area (Å²) in [6, 6.07) is 5.14. The lowest BCUT2D eigenvalue weighted by Crippen LogP contribution is -2.38. The molecule has 0 saturated carbocycles. The van der Waals surface area contributed by atoms with Crippen LogP contribution in [0.15, 0.2) is 27.7 Å². The van der Waals surface area contributed by atoms with Gasteiger partial charge in [-0.1, -0.05) is 38.1 Å². The van der Waals surface area contributed by atoms with Crippen LogP contribution < -0.4 is 10.6 Å². The molecule has 2 N–H and O–H groups in total. The SMILES string of the molecule is CCNC(=NCc1noc(C(C)(C)C)n1)NC(C)c1ccc(C)c(F)c1. The van der Waals surface area contributed by atoms with E-state index in [1.807, 2.05) is 40.7 Å². The smallest absolute Gasteiger partial charge is 0.232 e. The van der Waals surface area contributed by atoms with Gasteiger partial charge in [0.2, 0.25) is 5.89 Å². The molecule has 0 fully saturated rings. The van der Waals surface area contributed by atoms with Gasteiger partial charge in [0, 0.05) is 12.0 Å². The first-order valence-electron chi connectivity index (χ1n) is 8.84. The zero-order valence-corrected chi connectivity index (χ0v) is 16.4. The zero-order valence-electron chi connectivity index (χ0n) is 16.4. The molecule has 1 atom stereocenters. The van der Waals surface area contributed by atoms with Crippen LogP contribution in [-0.4, -0.2) is 22.6 Å². The molecule has 1 unspecified atom stereocenters. The average molecular weight is 361 g/mol. The number of hydrogen-bond donors (Lipinski definition) is 2. The van der Waals surface area contributed by atoms with E-state index in [1.54, 1.807) is 19.1 Å². The summed E-state index contributed by atoms with van der Waals surface area (Å²) in [4.78, 5) is 8.88. The topological polar surface area (TPSA) is 75.3 Å². The van der Waals surface area contributed by atoms with Crippen molar-refractivity contribution in [2.45, 2.75) is 59.5 Å². The van der Waals surface area contributed by atoms with Crippen LogP contribution in [0.4, 0.5) is 4.39 Å². The minimum absolute atomic E-state index is 0.0988. The van der Waals surface area contributed by atoms with Crippen molar-refractivity contribution in [3.63, 3.8) is 0 Å². The Morgan fingerprint density at radius 3 is 2.65 bits per heavy atom. The van der Waals surface area contributed by atoms with Crippen LogP contribution in [0.25, 0.3) is 0 Å². The molecule has 7 heteroatoms. The van der Waals surface area contributed by atoms with Gasteiger partial charge in [0.05, 0.1) is 6.04 Å². The number of aliphatic imine (C=N–C) groups is 1. The molecule has 1 heterocycles. The maximum absolute atomic E-state index is 13.8. The molecule has 0 aliphatic heterocycles. The van der Waals surface area contributed by atoms with Crippen LogP contribution in [0, 0.1) is 12.7 Å². The molecule has 6 nitrogen and oxygen atoms in total. The molecule has 0 bridgehead atoms. The quantitative estimate of drug-likeness (QED) is 0.628. The zero-order chi connectivity index (χ0) is 19.3. The fourth-order valence-corrected chi connectivity index (χ4v) is 2.26. The van der Waals surface area contributed by atoms with Crippen molar-refractivity contribution in [3.05, 3.63) is 46.9 Å². The van der Waals surface area contributed by atoms with Crippen LogP contribution in [0.3, 0.4) is 0 Å². The minimum Gasteiger partial charge on any atom is -0.357 e. The Kier molecular flexibility index (Phi) is 6.34. The average Bonchev–Trinajstić information content (AvgIpc) is 3.04. The van der Waals surface area contributed by atoms with E-state index in [1.165, 1.54) is 0 Å². The van der Waals surface area contributed by atoms with E-state index in [2.05, 4.69) is 25.8 Å². The lowest BCUT2D eigenvalue weighted by Gasteiger charge is -2.18. The van der Waals surface area contributed by atoms with E-state index in [-0.39, 0.29) is 17.3 Å². The highest BCUT2D eigenvalue weighted by molar-refractivity contribution is 5.80. The van der Waals surface area contributed by atoms with E-state index in [0.717, 1.165) is 5.56 Å². The van der Waals surface area contributed by atoms with Crippen molar-refractivity contribution in [1.29, 1.82) is 0 Å². The molecular formula is C19H28FN5O. The number of aryl methyl sites for hydroxylation is 1. The predicted molar refractivity (Wildman–Crippen MR) is 101 cm³/mol. The highest BCUT2D eigenvalue weighted by Gasteiger charge is 2.21. The molecule has 2 aromatic rings. The van der Waals surface area contributed by atoms with Crippen molar-refractivity contribution >= 4 is 5.96 Å². The summed E-state index contributed by atoms with van der Waals surface area (Å²) in [6.07, 6.45) is 0. The van der Waals surface area contributed by atoms with E-state index < -0.39 is 0 Å². The van der Waals surface area contributed by atoms with Gasteiger partial charge in [0.25, 0.3) is 0 Å². The van der Waals surface area contributed by atoms with Crippen molar-refractivity contribution < 1.29 is 8.91 Å². The van der Waals surface area contributed by atoms with Crippen molar-refractivity contribution in [2.24, 2.45) is 4.99 Å². The monoisotopic (exact) mass is 361 g/mol.